The molecule has 1 aromatic heterocycles. The lowest BCUT2D eigenvalue weighted by molar-refractivity contribution is 0.230. The van der Waals surface area contributed by atoms with Crippen LogP contribution in [-0.2, 0) is 16.6 Å². The molecule has 0 amide bonds. The van der Waals surface area contributed by atoms with E-state index < -0.39 is 27.3 Å². The molecule has 0 spiro atoms. The molecule has 0 aliphatic heterocycles. The molecule has 6 nitrogen and oxygen atoms in total. The van der Waals surface area contributed by atoms with Gasteiger partial charge in [-0.25, -0.2) is 17.9 Å². The molecule has 0 aliphatic carbocycles. The molecule has 0 radical (unpaired) electrons. The smallest absolute Gasteiger partial charge is 0.240 e. The zero-order chi connectivity index (χ0) is 19.1. The van der Waals surface area contributed by atoms with E-state index in [0.717, 1.165) is 28.8 Å². The van der Waals surface area contributed by atoms with E-state index in [4.69, 9.17) is 9.66 Å². The number of rotatable bonds is 4. The fourth-order valence-corrected chi connectivity index (χ4v) is 3.51. The summed E-state index contributed by atoms with van der Waals surface area (Å²) in [5.74, 6) is -0.830. The lowest BCUT2D eigenvalue weighted by Crippen LogP contribution is -2.14. The Morgan fingerprint density at radius 3 is 2.31 bits per heavy atom. The minimum Gasteiger partial charge on any atom is -0.388 e. The molecule has 2 aromatic carbocycles. The van der Waals surface area contributed by atoms with Crippen LogP contribution in [0, 0.1) is 19.7 Å². The molecule has 26 heavy (non-hydrogen) atoms. The summed E-state index contributed by atoms with van der Waals surface area (Å²) in [5, 5.41) is 18.6. The van der Waals surface area contributed by atoms with Crippen LogP contribution in [0.3, 0.4) is 0 Å². The Kier molecular flexibility index (Phi) is 4.66. The summed E-state index contributed by atoms with van der Waals surface area (Å²) in [5.41, 5.74) is 3.93. The monoisotopic (exact) mass is 376 g/mol. The van der Waals surface area contributed by atoms with Crippen LogP contribution in [0.5, 0.6) is 0 Å². The van der Waals surface area contributed by atoms with E-state index in [9.17, 15) is 17.9 Å². The van der Waals surface area contributed by atoms with Crippen LogP contribution >= 0.6 is 0 Å². The molecular weight excluding hydrogens is 359 g/mol. The van der Waals surface area contributed by atoms with Crippen molar-refractivity contribution in [3.8, 4) is 22.4 Å². The van der Waals surface area contributed by atoms with Crippen molar-refractivity contribution in [2.75, 3.05) is 0 Å². The van der Waals surface area contributed by atoms with E-state index in [1.807, 2.05) is 32.0 Å². The molecule has 8 heteroatoms. The van der Waals surface area contributed by atoms with Gasteiger partial charge in [-0.2, -0.15) is 0 Å². The van der Waals surface area contributed by atoms with Gasteiger partial charge in [-0.3, -0.25) is 0 Å². The van der Waals surface area contributed by atoms with Gasteiger partial charge in [0.15, 0.2) is 5.76 Å². The molecule has 0 saturated heterocycles. The summed E-state index contributed by atoms with van der Waals surface area (Å²) >= 11 is 0. The molecule has 1 heterocycles. The van der Waals surface area contributed by atoms with Gasteiger partial charge in [0.1, 0.15) is 23.0 Å². The molecule has 136 valence electrons. The van der Waals surface area contributed by atoms with Crippen molar-refractivity contribution in [1.29, 1.82) is 0 Å². The lowest BCUT2D eigenvalue weighted by atomic mass is 9.97. The van der Waals surface area contributed by atoms with Crippen LogP contribution in [0.15, 0.2) is 45.8 Å². The third-order valence-corrected chi connectivity index (χ3v) is 4.87. The Morgan fingerprint density at radius 1 is 1.12 bits per heavy atom. The van der Waals surface area contributed by atoms with E-state index in [2.05, 4.69) is 5.16 Å². The maximum Gasteiger partial charge on any atom is 0.240 e. The highest BCUT2D eigenvalue weighted by Gasteiger charge is 2.22. The summed E-state index contributed by atoms with van der Waals surface area (Å²) in [7, 11) is -4.17. The first-order valence-electron chi connectivity index (χ1n) is 7.71. The second-order valence-corrected chi connectivity index (χ2v) is 7.58. The lowest BCUT2D eigenvalue weighted by Gasteiger charge is -2.08. The molecule has 0 bridgehead atoms. The van der Waals surface area contributed by atoms with Gasteiger partial charge in [0.2, 0.25) is 10.0 Å². The molecule has 0 atom stereocenters. The van der Waals surface area contributed by atoms with Crippen molar-refractivity contribution >= 4 is 10.0 Å². The SMILES string of the molecule is Cc1cc(C)cc(-c2noc(CO)c2-c2ccc(S(N)(=O)=O)c(F)c2)c1. The van der Waals surface area contributed by atoms with Gasteiger partial charge >= 0.3 is 0 Å². The Labute approximate surface area is 150 Å². The summed E-state index contributed by atoms with van der Waals surface area (Å²) in [6.45, 7) is 3.43. The highest BCUT2D eigenvalue weighted by atomic mass is 32.2. The van der Waals surface area contributed by atoms with E-state index >= 15 is 0 Å². The van der Waals surface area contributed by atoms with Gasteiger partial charge in [0.25, 0.3) is 0 Å². The number of aliphatic hydroxyl groups is 1. The average molecular weight is 376 g/mol. The van der Waals surface area contributed by atoms with Crippen molar-refractivity contribution in [3.63, 3.8) is 0 Å². The van der Waals surface area contributed by atoms with Gasteiger partial charge in [-0.1, -0.05) is 28.4 Å². The fourth-order valence-electron chi connectivity index (χ4n) is 2.93. The molecule has 3 N–H and O–H groups in total. The summed E-state index contributed by atoms with van der Waals surface area (Å²) < 4.78 is 42.3. The number of aryl methyl sites for hydroxylation is 2. The number of aromatic nitrogens is 1. The van der Waals surface area contributed by atoms with Gasteiger partial charge in [-0.15, -0.1) is 0 Å². The number of halogens is 1. The first kappa shape index (κ1) is 18.2. The maximum absolute atomic E-state index is 14.3. The van der Waals surface area contributed by atoms with Gasteiger partial charge < -0.3 is 9.63 Å². The number of primary sulfonamides is 1. The van der Waals surface area contributed by atoms with Crippen molar-refractivity contribution < 1.29 is 22.4 Å². The number of nitrogens with zero attached hydrogens (tertiary/aromatic N) is 1. The van der Waals surface area contributed by atoms with E-state index in [0.29, 0.717) is 16.8 Å². The Hall–Kier alpha value is -2.55. The first-order chi connectivity index (χ1) is 12.2. The third kappa shape index (κ3) is 3.39. The predicted octanol–water partition coefficient (Wildman–Crippen LogP) is 2.90. The van der Waals surface area contributed by atoms with Crippen molar-refractivity contribution in [1.82, 2.24) is 5.16 Å². The van der Waals surface area contributed by atoms with Crippen LogP contribution in [0.2, 0.25) is 0 Å². The van der Waals surface area contributed by atoms with Crippen molar-refractivity contribution in [3.05, 3.63) is 59.1 Å². The van der Waals surface area contributed by atoms with Gasteiger partial charge in [0.05, 0.1) is 5.56 Å². The van der Waals surface area contributed by atoms with Gasteiger partial charge in [0, 0.05) is 5.56 Å². The molecule has 0 saturated carbocycles. The zero-order valence-electron chi connectivity index (χ0n) is 14.2. The van der Waals surface area contributed by atoms with E-state index in [1.165, 1.54) is 6.07 Å². The maximum atomic E-state index is 14.3. The quantitative estimate of drug-likeness (QED) is 0.728. The zero-order valence-corrected chi connectivity index (χ0v) is 15.0. The Balaban J connectivity index is 2.22. The third-order valence-electron chi connectivity index (χ3n) is 3.93. The largest absolute Gasteiger partial charge is 0.388 e. The number of sulfonamides is 1. The molecular formula is C18H17FN2O4S. The molecule has 0 unspecified atom stereocenters. The fraction of sp³-hybridized carbons (Fsp3) is 0.167. The number of nitrogens with two attached hydrogens (primary N) is 1. The summed E-state index contributed by atoms with van der Waals surface area (Å²) in [6, 6.07) is 9.31. The molecule has 3 rings (SSSR count). The minimum atomic E-state index is -4.17. The number of aliphatic hydroxyl groups excluding tert-OH is 1. The second-order valence-electron chi connectivity index (χ2n) is 6.05. The molecule has 3 aromatic rings. The standard InChI is InChI=1S/C18H17FN2O4S/c1-10-5-11(2)7-13(6-10)18-17(15(9-22)25-21-18)12-3-4-16(14(19)8-12)26(20,23)24/h3-8,22H,9H2,1-2H3,(H2,20,23,24). The van der Waals surface area contributed by atoms with Crippen LogP contribution in [0.4, 0.5) is 4.39 Å². The minimum absolute atomic E-state index is 0.155. The normalized spacial score (nSPS) is 11.7. The van der Waals surface area contributed by atoms with Crippen LogP contribution in [-0.4, -0.2) is 18.7 Å². The van der Waals surface area contributed by atoms with Crippen LogP contribution < -0.4 is 5.14 Å². The molecule has 0 fully saturated rings. The predicted molar refractivity (Wildman–Crippen MR) is 94.1 cm³/mol. The second kappa shape index (κ2) is 6.64. The summed E-state index contributed by atoms with van der Waals surface area (Å²) in [4.78, 5) is -0.601. The average Bonchev–Trinajstić information content (AvgIpc) is 2.96. The number of hydrogen-bond donors (Lipinski definition) is 2. The highest BCUT2D eigenvalue weighted by Crippen LogP contribution is 2.36. The first-order valence-corrected chi connectivity index (χ1v) is 9.26. The van der Waals surface area contributed by atoms with Crippen LogP contribution in [0.25, 0.3) is 22.4 Å². The van der Waals surface area contributed by atoms with E-state index in [1.54, 1.807) is 0 Å². The Morgan fingerprint density at radius 2 is 1.77 bits per heavy atom. The number of hydrogen-bond acceptors (Lipinski definition) is 5. The Bertz CT molecular complexity index is 1070. The highest BCUT2D eigenvalue weighted by molar-refractivity contribution is 7.89. The van der Waals surface area contributed by atoms with Crippen molar-refractivity contribution in [2.24, 2.45) is 5.14 Å². The van der Waals surface area contributed by atoms with Gasteiger partial charge in [-0.05, 0) is 43.7 Å². The molecule has 0 aliphatic rings. The summed E-state index contributed by atoms with van der Waals surface area (Å²) in [6.07, 6.45) is 0. The van der Waals surface area contributed by atoms with Crippen LogP contribution in [0.1, 0.15) is 16.9 Å². The van der Waals surface area contributed by atoms with E-state index in [-0.39, 0.29) is 5.76 Å². The topological polar surface area (TPSA) is 106 Å². The number of benzene rings is 2. The van der Waals surface area contributed by atoms with Crippen molar-refractivity contribution in [2.45, 2.75) is 25.3 Å².